The van der Waals surface area contributed by atoms with Gasteiger partial charge in [-0.3, -0.25) is 14.1 Å². The summed E-state index contributed by atoms with van der Waals surface area (Å²) in [6.45, 7) is -3.78. The number of nitrogens with zero attached hydrogens (tertiary/aromatic N) is 1. The van der Waals surface area contributed by atoms with Crippen LogP contribution in [0.4, 0.5) is 4.39 Å². The van der Waals surface area contributed by atoms with Gasteiger partial charge < -0.3 is 24.8 Å². The van der Waals surface area contributed by atoms with Crippen LogP contribution in [0.1, 0.15) is 24.1 Å². The fraction of sp³-hybridized carbons (Fsp3) is 0.615. The summed E-state index contributed by atoms with van der Waals surface area (Å²) in [5.74, 6) is -1.53. The maximum absolute atomic E-state index is 14.8. The molecule has 0 saturated carbocycles. The van der Waals surface area contributed by atoms with Crippen LogP contribution in [0.5, 0.6) is 0 Å². The number of rotatable bonds is 7. The van der Waals surface area contributed by atoms with E-state index in [1.54, 1.807) is 5.09 Å². The number of hydrogen-bond acceptors (Lipinski definition) is 7. The minimum Gasteiger partial charge on any atom is -0.480 e. The molecule has 152 valence electrons. The summed E-state index contributed by atoms with van der Waals surface area (Å²) >= 11 is 0. The highest BCUT2D eigenvalue weighted by atomic mass is 31.2. The third-order valence-corrected chi connectivity index (χ3v) is 4.90. The Morgan fingerprint density at radius 1 is 1.67 bits per heavy atom. The zero-order chi connectivity index (χ0) is 23.1. The largest absolute Gasteiger partial charge is 0.480 e. The molecule has 0 aliphatic carbocycles. The highest BCUT2D eigenvalue weighted by Crippen LogP contribution is 2.43. The monoisotopic (exact) mass is 415 g/mol. The highest BCUT2D eigenvalue weighted by molar-refractivity contribution is 7.50. The van der Waals surface area contributed by atoms with Crippen molar-refractivity contribution in [2.75, 3.05) is 6.61 Å². The van der Waals surface area contributed by atoms with Crippen molar-refractivity contribution in [3.8, 4) is 0 Å². The van der Waals surface area contributed by atoms with E-state index >= 15 is 0 Å². The highest BCUT2D eigenvalue weighted by Gasteiger charge is 2.54. The Morgan fingerprint density at radius 3 is 2.89 bits per heavy atom. The number of aliphatic carboxylic acids is 1. The minimum absolute atomic E-state index is 0.199. The average Bonchev–Trinajstić information content (AvgIpc) is 2.85. The number of carboxylic acid groups (broad SMARTS) is 1. The van der Waals surface area contributed by atoms with Gasteiger partial charge in [0.1, 0.15) is 17.7 Å². The van der Waals surface area contributed by atoms with Crippen molar-refractivity contribution in [1.82, 2.24) is 14.6 Å². The number of aliphatic hydroxyl groups is 1. The van der Waals surface area contributed by atoms with Crippen LogP contribution in [0.15, 0.2) is 21.9 Å². The SMILES string of the molecule is [2H]C([2H])([2H])[C@]1(COP(=O)(O)N[C@@H](C)C(=O)O)O[C@@H](n2c(=O)[nH]cc[13c]2=O)[C@H](F)[C@@H]1O. The van der Waals surface area contributed by atoms with Gasteiger partial charge in [0.15, 0.2) is 12.4 Å². The summed E-state index contributed by atoms with van der Waals surface area (Å²) in [6, 6.07) is -0.753. The van der Waals surface area contributed by atoms with Crippen LogP contribution in [0.3, 0.4) is 0 Å². The van der Waals surface area contributed by atoms with E-state index in [-0.39, 0.29) is 4.57 Å². The van der Waals surface area contributed by atoms with E-state index in [1.165, 1.54) is 0 Å². The molecule has 14 heteroatoms. The van der Waals surface area contributed by atoms with E-state index in [0.29, 0.717) is 0 Å². The molecule has 1 aromatic rings. The second-order valence-electron chi connectivity index (χ2n) is 5.76. The predicted molar refractivity (Wildman–Crippen MR) is 86.8 cm³/mol. The number of hydrogen-bond donors (Lipinski definition) is 5. The number of carboxylic acids is 1. The van der Waals surface area contributed by atoms with Crippen LogP contribution < -0.4 is 16.3 Å². The Hall–Kier alpha value is -1.89. The fourth-order valence-electron chi connectivity index (χ4n) is 2.27. The van der Waals surface area contributed by atoms with Crippen molar-refractivity contribution in [3.05, 3.63) is 33.1 Å². The maximum Gasteiger partial charge on any atom is 0.403 e. The first-order chi connectivity index (χ1) is 13.6. The van der Waals surface area contributed by atoms with Crippen molar-refractivity contribution in [2.45, 2.75) is 43.9 Å². The number of aromatic amines is 1. The second kappa shape index (κ2) is 7.62. The zero-order valence-electron chi connectivity index (χ0n) is 16.7. The van der Waals surface area contributed by atoms with Gasteiger partial charge in [-0.15, -0.1) is 0 Å². The lowest BCUT2D eigenvalue weighted by atomic mass is 9.99. The molecule has 2 rings (SSSR count). The zero-order valence-corrected chi connectivity index (χ0v) is 14.6. The Balaban J connectivity index is 2.40. The lowest BCUT2D eigenvalue weighted by Crippen LogP contribution is -2.43. The molecule has 1 aromatic heterocycles. The van der Waals surface area contributed by atoms with Crippen LogP contribution in [0.25, 0.3) is 0 Å². The standard InChI is InChI=1S/C13H19FN3O9P/c1-6(11(20)21)16-27(23,24)25-5-13(2)9(19)8(14)10(26-13)17-7(18)3-4-15-12(17)22/h3-4,6,8-10,19H,5H2,1-2H3,(H,15,22)(H,20,21)(H2,16,23,24)/t6-,8+,9-,10+,13+/m0/s1/i2D3,7+1. The third kappa shape index (κ3) is 4.51. The molecule has 1 aliphatic rings. The normalized spacial score (nSPS) is 33.5. The molecule has 12 nitrogen and oxygen atoms in total. The van der Waals surface area contributed by atoms with E-state index < -0.39 is 68.6 Å². The van der Waals surface area contributed by atoms with Gasteiger partial charge in [0, 0.05) is 16.4 Å². The van der Waals surface area contributed by atoms with Crippen molar-refractivity contribution < 1.29 is 42.2 Å². The van der Waals surface area contributed by atoms with Crippen molar-refractivity contribution in [1.29, 1.82) is 0 Å². The maximum atomic E-state index is 14.8. The van der Waals surface area contributed by atoms with E-state index in [4.69, 9.17) is 14.0 Å². The van der Waals surface area contributed by atoms with Crippen LogP contribution in [-0.2, 0) is 18.6 Å². The van der Waals surface area contributed by atoms with Crippen LogP contribution in [-0.4, -0.2) is 61.2 Å². The topological polar surface area (TPSA) is 180 Å². The van der Waals surface area contributed by atoms with Crippen molar-refractivity contribution >= 4 is 13.7 Å². The Kier molecular flexibility index (Phi) is 4.86. The number of H-pyrrole nitrogens is 1. The van der Waals surface area contributed by atoms with E-state index in [0.717, 1.165) is 19.2 Å². The van der Waals surface area contributed by atoms with Gasteiger partial charge in [-0.2, -0.15) is 0 Å². The van der Waals surface area contributed by atoms with Crippen molar-refractivity contribution in [2.24, 2.45) is 0 Å². The molecule has 0 spiro atoms. The first-order valence-corrected chi connectivity index (χ1v) is 8.99. The molecule has 6 atom stereocenters. The predicted octanol–water partition coefficient (Wildman–Crippen LogP) is -1.30. The molecule has 1 unspecified atom stereocenters. The molecule has 2 heterocycles. The van der Waals surface area contributed by atoms with E-state index in [1.807, 2.05) is 0 Å². The third-order valence-electron chi connectivity index (χ3n) is 3.71. The van der Waals surface area contributed by atoms with Crippen LogP contribution >= 0.6 is 7.75 Å². The molecule has 0 radical (unpaired) electrons. The van der Waals surface area contributed by atoms with Crippen LogP contribution in [0, 0.1) is 0 Å². The molecule has 5 N–H and O–H groups in total. The molecule has 0 aromatic carbocycles. The lowest BCUT2D eigenvalue weighted by Gasteiger charge is -2.28. The summed E-state index contributed by atoms with van der Waals surface area (Å²) in [5, 5.41) is 20.7. The molecular weight excluding hydrogens is 393 g/mol. The first kappa shape index (κ1) is 17.2. The Morgan fingerprint density at radius 2 is 2.33 bits per heavy atom. The van der Waals surface area contributed by atoms with Gasteiger partial charge in [-0.25, -0.2) is 23.4 Å². The van der Waals surface area contributed by atoms with Gasteiger partial charge in [-0.05, 0) is 13.8 Å². The molecule has 1 aliphatic heterocycles. The molecule has 0 amide bonds. The average molecular weight is 415 g/mol. The van der Waals surface area contributed by atoms with Gasteiger partial charge in [0.2, 0.25) is 0 Å². The number of nitrogens with one attached hydrogen (secondary N) is 2. The van der Waals surface area contributed by atoms with E-state index in [9.17, 15) is 33.3 Å². The number of carbonyl (C=O) groups is 1. The Bertz CT molecular complexity index is 941. The number of aromatic nitrogens is 2. The van der Waals surface area contributed by atoms with Crippen molar-refractivity contribution in [3.63, 3.8) is 0 Å². The second-order valence-corrected chi connectivity index (χ2v) is 7.32. The number of aliphatic hydroxyl groups excluding tert-OH is 1. The number of ether oxygens (including phenoxy) is 1. The minimum atomic E-state index is -4.95. The summed E-state index contributed by atoms with van der Waals surface area (Å²) in [7, 11) is -4.95. The number of halogens is 1. The summed E-state index contributed by atoms with van der Waals surface area (Å²) in [5.41, 5.74) is -5.19. The van der Waals surface area contributed by atoms with Gasteiger partial charge in [0.25, 0.3) is 5.56 Å². The summed E-state index contributed by atoms with van der Waals surface area (Å²) in [4.78, 5) is 46.4. The molecule has 27 heavy (non-hydrogen) atoms. The summed E-state index contributed by atoms with van der Waals surface area (Å²) < 4.78 is 59.5. The molecule has 1 saturated heterocycles. The molecule has 0 bridgehead atoms. The molecule has 1 fully saturated rings. The Labute approximate surface area is 155 Å². The fourth-order valence-corrected chi connectivity index (χ4v) is 3.31. The summed E-state index contributed by atoms with van der Waals surface area (Å²) in [6.07, 6.45) is -6.36. The molecular formula is C13H19FN3O9P. The quantitative estimate of drug-likeness (QED) is 0.336. The smallest absolute Gasteiger partial charge is 0.403 e. The first-order valence-electron chi connectivity index (χ1n) is 8.91. The van der Waals surface area contributed by atoms with Gasteiger partial charge in [-0.1, -0.05) is 0 Å². The van der Waals surface area contributed by atoms with Crippen LogP contribution in [0.2, 0.25) is 0 Å². The number of alkyl halides is 1. The lowest BCUT2D eigenvalue weighted by molar-refractivity contribution is -0.138. The van der Waals surface area contributed by atoms with E-state index in [2.05, 4.69) is 9.51 Å². The van der Waals surface area contributed by atoms with Gasteiger partial charge in [0.05, 0.1) is 6.61 Å². The van der Waals surface area contributed by atoms with Gasteiger partial charge >= 0.3 is 19.4 Å².